The van der Waals surface area contributed by atoms with Gasteiger partial charge in [-0.3, -0.25) is 14.5 Å². The van der Waals surface area contributed by atoms with Gasteiger partial charge in [0.1, 0.15) is 17.8 Å². The minimum absolute atomic E-state index is 0.0685. The van der Waals surface area contributed by atoms with Crippen molar-refractivity contribution in [1.82, 2.24) is 33.8 Å². The summed E-state index contributed by atoms with van der Waals surface area (Å²) in [5.41, 5.74) is 1.83. The van der Waals surface area contributed by atoms with E-state index in [4.69, 9.17) is 11.6 Å². The number of halogens is 4. The van der Waals surface area contributed by atoms with Crippen molar-refractivity contribution in [2.24, 2.45) is 12.5 Å². The summed E-state index contributed by atoms with van der Waals surface area (Å²) in [6.45, 7) is -0.836. The molecule has 14 heteroatoms. The topological polar surface area (TPSA) is 98.8 Å². The molecule has 2 aliphatic carbocycles. The summed E-state index contributed by atoms with van der Waals surface area (Å²) in [5, 5.41) is 8.81. The molecule has 6 rings (SSSR count). The van der Waals surface area contributed by atoms with Crippen LogP contribution in [0.2, 0.25) is 5.02 Å². The molecule has 0 amide bonds. The third-order valence-electron chi connectivity index (χ3n) is 8.06. The molecule has 43 heavy (non-hydrogen) atoms. The number of alkyl halides is 2. The van der Waals surface area contributed by atoms with Gasteiger partial charge in [0.15, 0.2) is 5.78 Å². The van der Waals surface area contributed by atoms with Crippen LogP contribution in [0.3, 0.4) is 0 Å². The van der Waals surface area contributed by atoms with Crippen LogP contribution in [0.25, 0.3) is 11.8 Å². The van der Waals surface area contributed by atoms with Crippen LogP contribution < -0.4 is 0 Å². The quantitative estimate of drug-likeness (QED) is 0.205. The zero-order valence-electron chi connectivity index (χ0n) is 23.0. The Morgan fingerprint density at radius 3 is 2.70 bits per heavy atom. The lowest BCUT2D eigenvalue weighted by molar-refractivity contribution is 0.0666. The van der Waals surface area contributed by atoms with Crippen LogP contribution in [0.4, 0.5) is 13.2 Å². The van der Waals surface area contributed by atoms with Gasteiger partial charge in [0.05, 0.1) is 39.2 Å². The van der Waals surface area contributed by atoms with Gasteiger partial charge in [-0.15, -0.1) is 5.10 Å². The summed E-state index contributed by atoms with van der Waals surface area (Å²) >= 11 is 6.23. The standard InChI is InChI=1S/C29H27ClF3N7O2S/c1-38-17-35-28(37-38)43(2,42)39(16-26(32)33)23-6-3-19-11-25-18(15-36-40(25)22-7-4-21(31)5-8-22)13-29(19,14-23)27(41)24-12-20(30)9-10-34-24/h4-5,7-12,15,17,23,26H,2-3,6,13-14,16H2,1H3/t23-,29-,43?/m0/s1. The largest absolute Gasteiger partial charge is 0.291 e. The number of allylic oxidation sites excluding steroid dienone is 1. The Morgan fingerprint density at radius 2 is 2.02 bits per heavy atom. The van der Waals surface area contributed by atoms with Crippen molar-refractivity contribution in [2.75, 3.05) is 6.54 Å². The fourth-order valence-corrected chi connectivity index (χ4v) is 7.96. The lowest BCUT2D eigenvalue weighted by atomic mass is 9.60. The van der Waals surface area contributed by atoms with Gasteiger partial charge in [-0.05, 0) is 79.6 Å². The van der Waals surface area contributed by atoms with Crippen LogP contribution >= 0.6 is 11.6 Å². The number of ketones is 1. The summed E-state index contributed by atoms with van der Waals surface area (Å²) in [6.07, 6.45) is 4.43. The molecule has 3 atom stereocenters. The summed E-state index contributed by atoms with van der Waals surface area (Å²) in [4.78, 5) is 22.8. The fraction of sp³-hybridized carbons (Fsp3) is 0.310. The zero-order chi connectivity index (χ0) is 30.5. The van der Waals surface area contributed by atoms with Crippen LogP contribution in [-0.4, -0.2) is 68.7 Å². The predicted molar refractivity (Wildman–Crippen MR) is 156 cm³/mol. The van der Waals surface area contributed by atoms with Crippen LogP contribution in [0.1, 0.15) is 41.0 Å². The second kappa shape index (κ2) is 11.0. The molecular weight excluding hydrogens is 603 g/mol. The highest BCUT2D eigenvalue weighted by atomic mass is 35.5. The number of aromatic nitrogens is 6. The Balaban J connectivity index is 1.45. The molecule has 0 bridgehead atoms. The Hall–Kier alpha value is -3.81. The molecule has 2 aliphatic rings. The van der Waals surface area contributed by atoms with Crippen molar-refractivity contribution in [1.29, 1.82) is 0 Å². The smallest absolute Gasteiger partial charge is 0.252 e. The maximum absolute atomic E-state index is 14.4. The second-order valence-corrected chi connectivity index (χ2v) is 13.3. The van der Waals surface area contributed by atoms with Crippen LogP contribution in [0.15, 0.2) is 65.8 Å². The van der Waals surface area contributed by atoms with E-state index in [0.29, 0.717) is 23.6 Å². The van der Waals surface area contributed by atoms with Crippen LogP contribution in [0, 0.1) is 11.2 Å². The second-order valence-electron chi connectivity index (χ2n) is 10.8. The van der Waals surface area contributed by atoms with E-state index in [9.17, 15) is 22.2 Å². The first-order valence-electron chi connectivity index (χ1n) is 13.5. The average Bonchev–Trinajstić information content (AvgIpc) is 3.60. The molecule has 4 aromatic rings. The van der Waals surface area contributed by atoms with Crippen molar-refractivity contribution in [3.63, 3.8) is 0 Å². The highest BCUT2D eigenvalue weighted by Gasteiger charge is 2.51. The van der Waals surface area contributed by atoms with E-state index in [0.717, 1.165) is 16.8 Å². The summed E-state index contributed by atoms with van der Waals surface area (Å²) in [7, 11) is -1.95. The van der Waals surface area contributed by atoms with Crippen molar-refractivity contribution in [2.45, 2.75) is 43.3 Å². The monoisotopic (exact) mass is 629 g/mol. The zero-order valence-corrected chi connectivity index (χ0v) is 24.6. The number of carbonyl (C=O) groups is 1. The highest BCUT2D eigenvalue weighted by molar-refractivity contribution is 7.98. The number of Topliss-reactive ketones (excluding diaryl/α,β-unsaturated/α-hetero) is 1. The van der Waals surface area contributed by atoms with E-state index < -0.39 is 34.1 Å². The number of fused-ring (bicyclic) bond motifs is 2. The first-order chi connectivity index (χ1) is 20.5. The lowest BCUT2D eigenvalue weighted by Gasteiger charge is -2.47. The number of nitrogens with zero attached hydrogens (tertiary/aromatic N) is 7. The number of pyridine rings is 1. The number of hydrogen-bond acceptors (Lipinski definition) is 6. The first-order valence-corrected chi connectivity index (χ1v) is 15.5. The third kappa shape index (κ3) is 5.30. The average molecular weight is 630 g/mol. The van der Waals surface area contributed by atoms with Gasteiger partial charge < -0.3 is 0 Å². The highest BCUT2D eigenvalue weighted by Crippen LogP contribution is 2.51. The van der Waals surface area contributed by atoms with Gasteiger partial charge in [0.2, 0.25) is 5.16 Å². The first kappa shape index (κ1) is 29.3. The number of benzene rings is 1. The molecule has 0 aliphatic heterocycles. The molecular formula is C29H27ClF3N7O2S. The van der Waals surface area contributed by atoms with Gasteiger partial charge >= 0.3 is 0 Å². The maximum atomic E-state index is 14.4. The van der Waals surface area contributed by atoms with Gasteiger partial charge in [-0.25, -0.2) is 31.4 Å². The van der Waals surface area contributed by atoms with Crippen molar-refractivity contribution in [3.8, 4) is 5.69 Å². The van der Waals surface area contributed by atoms with E-state index in [-0.39, 0.29) is 35.3 Å². The van der Waals surface area contributed by atoms with E-state index in [1.165, 1.54) is 39.7 Å². The molecule has 3 aromatic heterocycles. The number of hydrogen-bond donors (Lipinski definition) is 0. The molecule has 1 saturated carbocycles. The molecule has 224 valence electrons. The van der Waals surface area contributed by atoms with Gasteiger partial charge in [0.25, 0.3) is 6.43 Å². The number of carbonyl (C=O) groups excluding carboxylic acids is 1. The van der Waals surface area contributed by atoms with Crippen molar-refractivity contribution < 1.29 is 22.2 Å². The minimum atomic E-state index is -3.54. The summed E-state index contributed by atoms with van der Waals surface area (Å²) in [6, 6.07) is 8.22. The molecule has 9 nitrogen and oxygen atoms in total. The normalized spacial score (nSPS) is 21.3. The Labute approximate surface area is 251 Å². The Morgan fingerprint density at radius 1 is 1.26 bits per heavy atom. The number of aryl methyl sites for hydroxylation is 1. The molecule has 1 unspecified atom stereocenters. The molecule has 0 saturated heterocycles. The third-order valence-corrected chi connectivity index (χ3v) is 10.3. The van der Waals surface area contributed by atoms with E-state index >= 15 is 0 Å². The lowest BCUT2D eigenvalue weighted by Crippen LogP contribution is -2.51. The van der Waals surface area contributed by atoms with Crippen LogP contribution in [-0.2, 0) is 23.2 Å². The van der Waals surface area contributed by atoms with E-state index in [1.54, 1.807) is 36.1 Å². The molecule has 0 N–H and O–H groups in total. The maximum Gasteiger partial charge on any atom is 0.252 e. The summed E-state index contributed by atoms with van der Waals surface area (Å²) < 4.78 is 59.8. The Kier molecular flexibility index (Phi) is 7.51. The van der Waals surface area contributed by atoms with E-state index in [2.05, 4.69) is 26.0 Å². The van der Waals surface area contributed by atoms with Crippen LogP contribution in [0.5, 0.6) is 0 Å². The molecule has 0 spiro atoms. The number of rotatable bonds is 8. The summed E-state index contributed by atoms with van der Waals surface area (Å²) in [5.74, 6) is 3.11. The molecule has 1 fully saturated rings. The fourth-order valence-electron chi connectivity index (χ4n) is 6.11. The SMILES string of the molecule is C=S(=O)(c1ncn(C)n1)N(CC(F)F)[C@H]1CCC2=Cc3c(cnn3-c3ccc(F)cc3)C[C@]2(C(=O)c2cc(Cl)ccn2)C1. The van der Waals surface area contributed by atoms with Crippen molar-refractivity contribution >= 4 is 39.0 Å². The molecule has 3 heterocycles. The predicted octanol–water partition coefficient (Wildman–Crippen LogP) is 4.81. The minimum Gasteiger partial charge on any atom is -0.291 e. The van der Waals surface area contributed by atoms with E-state index in [1.807, 2.05) is 6.08 Å². The Bertz CT molecular complexity index is 1840. The van der Waals surface area contributed by atoms with Gasteiger partial charge in [0, 0.05) is 24.3 Å². The molecule has 1 aromatic carbocycles. The van der Waals surface area contributed by atoms with Gasteiger partial charge in [-0.1, -0.05) is 17.2 Å². The molecule has 0 radical (unpaired) electrons. The van der Waals surface area contributed by atoms with Gasteiger partial charge in [-0.2, -0.15) is 5.10 Å². The van der Waals surface area contributed by atoms with Crippen molar-refractivity contribution in [3.05, 3.63) is 88.5 Å².